The van der Waals surface area contributed by atoms with Gasteiger partial charge >= 0.3 is 21.0 Å². The van der Waals surface area contributed by atoms with Gasteiger partial charge in [0.15, 0.2) is 0 Å². The molecule has 0 amide bonds. The monoisotopic (exact) mass is 511 g/mol. The zero-order valence-corrected chi connectivity index (χ0v) is 18.8. The minimum Gasteiger partial charge on any atom is -0.493 e. The van der Waals surface area contributed by atoms with Crippen molar-refractivity contribution in [2.45, 2.75) is 43.6 Å². The molecule has 0 aromatic heterocycles. The lowest BCUT2D eigenvalue weighted by Gasteiger charge is -2.25. The molecule has 2 rings (SSSR count). The summed E-state index contributed by atoms with van der Waals surface area (Å²) in [5.74, 6) is -0.435. The molecule has 0 radical (unpaired) electrons. The van der Waals surface area contributed by atoms with Gasteiger partial charge in [-0.05, 0) is 55.0 Å². The van der Waals surface area contributed by atoms with Gasteiger partial charge in [-0.1, -0.05) is 24.3 Å². The maximum Gasteiger partial charge on any atom is 0.419 e. The van der Waals surface area contributed by atoms with Gasteiger partial charge in [-0.25, -0.2) is 4.57 Å². The van der Waals surface area contributed by atoms with Crippen molar-refractivity contribution in [3.05, 3.63) is 64.7 Å². The summed E-state index contributed by atoms with van der Waals surface area (Å²) in [6.45, 7) is -0.983. The quantitative estimate of drug-likeness (QED) is 0.221. The summed E-state index contributed by atoms with van der Waals surface area (Å²) in [6, 6.07) is 8.47. The van der Waals surface area contributed by atoms with E-state index in [0.717, 1.165) is 18.2 Å². The second-order valence-corrected chi connectivity index (χ2v) is 8.21. The van der Waals surface area contributed by atoms with Crippen molar-refractivity contribution in [3.8, 4) is 5.75 Å². The van der Waals surface area contributed by atoms with Crippen LogP contribution in [0.15, 0.2) is 42.5 Å². The van der Waals surface area contributed by atoms with Gasteiger partial charge < -0.3 is 15.6 Å². The molecular weight excluding hydrogens is 487 g/mol. The van der Waals surface area contributed by atoms with E-state index in [1.807, 2.05) is 0 Å². The van der Waals surface area contributed by atoms with E-state index in [0.29, 0.717) is 0 Å². The lowest BCUT2D eigenvalue weighted by Crippen LogP contribution is -2.47. The summed E-state index contributed by atoms with van der Waals surface area (Å²) in [7, 11) is -0.630. The highest BCUT2D eigenvalue weighted by Gasteiger charge is 2.35. The van der Waals surface area contributed by atoms with E-state index in [1.54, 1.807) is 0 Å². The topological polar surface area (TPSA) is 81.8 Å². The van der Waals surface area contributed by atoms with Crippen molar-refractivity contribution in [2.75, 3.05) is 19.8 Å². The fraction of sp³-hybridized carbons (Fsp3) is 0.455. The second kappa shape index (κ2) is 12.0. The van der Waals surface area contributed by atoms with Crippen molar-refractivity contribution in [1.29, 1.82) is 0 Å². The molecule has 0 aliphatic heterocycles. The minimum atomic E-state index is -4.73. The summed E-state index contributed by atoms with van der Waals surface area (Å²) in [6.07, 6.45) is -9.04. The van der Waals surface area contributed by atoms with Crippen LogP contribution in [0.25, 0.3) is 0 Å². The highest BCUT2D eigenvalue weighted by atomic mass is 31.1. The third-order valence-electron chi connectivity index (χ3n) is 5.15. The highest BCUT2D eigenvalue weighted by molar-refractivity contribution is 7.17. The van der Waals surface area contributed by atoms with Crippen LogP contribution in [0.4, 0.5) is 26.3 Å². The molecule has 0 spiro atoms. The van der Waals surface area contributed by atoms with E-state index in [2.05, 4.69) is 4.52 Å². The molecule has 0 bridgehead atoms. The first-order chi connectivity index (χ1) is 15.9. The first-order valence-electron chi connectivity index (χ1n) is 10.2. The standard InChI is InChI=1S/C22H24F6NO4P/c23-21(24,25)17-6-2-1-4-16(17)5-3-11-32-19-8-7-15(12-18(19)22(26,27)28)9-10-20(29,13-30)14-33-34-31/h1-2,4,6-8,12,30H,3,5,9-11,13-14,29H2. The smallest absolute Gasteiger partial charge is 0.419 e. The maximum atomic E-state index is 13.6. The molecule has 0 heterocycles. The summed E-state index contributed by atoms with van der Waals surface area (Å²) in [4.78, 5) is 0. The third-order valence-corrected chi connectivity index (χ3v) is 5.39. The molecule has 0 aliphatic carbocycles. The van der Waals surface area contributed by atoms with Gasteiger partial charge in [0, 0.05) is 0 Å². The molecule has 188 valence electrons. The Morgan fingerprint density at radius 2 is 1.62 bits per heavy atom. The normalized spacial score (nSPS) is 14.2. The number of alkyl halides is 6. The molecule has 2 aromatic rings. The number of aryl methyl sites for hydroxylation is 2. The zero-order valence-electron chi connectivity index (χ0n) is 18.0. The predicted molar refractivity (Wildman–Crippen MR) is 113 cm³/mol. The largest absolute Gasteiger partial charge is 0.493 e. The minimum absolute atomic E-state index is 0.0142. The van der Waals surface area contributed by atoms with E-state index in [1.165, 1.54) is 24.3 Å². The van der Waals surface area contributed by atoms with Crippen LogP contribution in [0.1, 0.15) is 35.1 Å². The number of aliphatic hydroxyl groups is 1. The fourth-order valence-corrected chi connectivity index (χ4v) is 3.59. The van der Waals surface area contributed by atoms with Gasteiger partial charge in [-0.3, -0.25) is 4.52 Å². The van der Waals surface area contributed by atoms with Gasteiger partial charge in [0.2, 0.25) is 0 Å². The van der Waals surface area contributed by atoms with Crippen LogP contribution in [0.5, 0.6) is 5.75 Å². The van der Waals surface area contributed by atoms with Crippen LogP contribution in [-0.2, 0) is 34.3 Å². The van der Waals surface area contributed by atoms with Gasteiger partial charge in [0.05, 0.1) is 36.5 Å². The summed E-state index contributed by atoms with van der Waals surface area (Å²) in [5.41, 5.74) is 3.15. The number of benzene rings is 2. The Morgan fingerprint density at radius 1 is 0.941 bits per heavy atom. The molecule has 1 unspecified atom stereocenters. The first kappa shape index (κ1) is 28.0. The Kier molecular flexibility index (Phi) is 9.87. The summed E-state index contributed by atoms with van der Waals surface area (Å²) < 4.78 is 100. The summed E-state index contributed by atoms with van der Waals surface area (Å²) in [5, 5.41) is 9.41. The van der Waals surface area contributed by atoms with Crippen LogP contribution in [-0.4, -0.2) is 30.5 Å². The van der Waals surface area contributed by atoms with Crippen molar-refractivity contribution in [2.24, 2.45) is 5.73 Å². The average molecular weight is 511 g/mol. The lowest BCUT2D eigenvalue weighted by atomic mass is 9.93. The number of rotatable bonds is 12. The predicted octanol–water partition coefficient (Wildman–Crippen LogP) is 5.58. The van der Waals surface area contributed by atoms with Crippen LogP contribution in [0.3, 0.4) is 0 Å². The Morgan fingerprint density at radius 3 is 2.24 bits per heavy atom. The van der Waals surface area contributed by atoms with E-state index < -0.39 is 50.1 Å². The Hall–Kier alpha value is -2.20. The van der Waals surface area contributed by atoms with E-state index >= 15 is 0 Å². The van der Waals surface area contributed by atoms with Crippen LogP contribution < -0.4 is 10.5 Å². The van der Waals surface area contributed by atoms with Crippen molar-refractivity contribution < 1.29 is 45.3 Å². The van der Waals surface area contributed by atoms with Crippen LogP contribution >= 0.6 is 8.69 Å². The van der Waals surface area contributed by atoms with Crippen molar-refractivity contribution in [3.63, 3.8) is 0 Å². The molecule has 12 heteroatoms. The van der Waals surface area contributed by atoms with Gasteiger partial charge in [-0.15, -0.1) is 0 Å². The Balaban J connectivity index is 2.05. The molecule has 34 heavy (non-hydrogen) atoms. The van der Waals surface area contributed by atoms with Crippen LogP contribution in [0.2, 0.25) is 0 Å². The molecule has 0 aliphatic rings. The Bertz CT molecular complexity index is 954. The molecule has 3 N–H and O–H groups in total. The van der Waals surface area contributed by atoms with Gasteiger partial charge in [-0.2, -0.15) is 26.3 Å². The number of ether oxygens (including phenoxy) is 1. The van der Waals surface area contributed by atoms with E-state index in [9.17, 15) is 36.0 Å². The maximum absolute atomic E-state index is 13.6. The molecular formula is C22H24F6NO4P. The number of hydrogen-bond acceptors (Lipinski definition) is 5. The van der Waals surface area contributed by atoms with Crippen molar-refractivity contribution in [1.82, 2.24) is 0 Å². The summed E-state index contributed by atoms with van der Waals surface area (Å²) >= 11 is 0. The number of nitrogens with two attached hydrogens (primary N) is 1. The molecule has 0 saturated heterocycles. The van der Waals surface area contributed by atoms with Crippen molar-refractivity contribution >= 4 is 8.69 Å². The number of aliphatic hydroxyl groups excluding tert-OH is 1. The Labute approximate surface area is 194 Å². The van der Waals surface area contributed by atoms with Crippen LogP contribution in [0, 0.1) is 0 Å². The fourth-order valence-electron chi connectivity index (χ4n) is 3.28. The molecule has 0 fully saturated rings. The second-order valence-electron chi connectivity index (χ2n) is 7.80. The number of hydrogen-bond donors (Lipinski definition) is 2. The molecule has 5 nitrogen and oxygen atoms in total. The third kappa shape index (κ3) is 8.23. The average Bonchev–Trinajstić information content (AvgIpc) is 2.78. The first-order valence-corrected chi connectivity index (χ1v) is 10.9. The molecule has 1 atom stereocenters. The molecule has 2 aromatic carbocycles. The highest BCUT2D eigenvalue weighted by Crippen LogP contribution is 2.37. The zero-order chi connectivity index (χ0) is 25.4. The van der Waals surface area contributed by atoms with Gasteiger partial charge in [0.25, 0.3) is 0 Å². The SMILES string of the molecule is NC(CO)(CCc1ccc(OCCCc2ccccc2C(F)(F)F)c(C(F)(F)F)c1)COP=O. The van der Waals surface area contributed by atoms with E-state index in [4.69, 9.17) is 10.5 Å². The van der Waals surface area contributed by atoms with E-state index in [-0.39, 0.29) is 50.0 Å². The lowest BCUT2D eigenvalue weighted by molar-refractivity contribution is -0.139. The molecule has 0 saturated carbocycles. The number of halogens is 6. The van der Waals surface area contributed by atoms with Gasteiger partial charge in [0.1, 0.15) is 5.75 Å².